The van der Waals surface area contributed by atoms with E-state index in [4.69, 9.17) is 24.4 Å². The van der Waals surface area contributed by atoms with Crippen LogP contribution in [0.1, 0.15) is 17.5 Å². The summed E-state index contributed by atoms with van der Waals surface area (Å²) >= 11 is 10.7. The lowest BCUT2D eigenvalue weighted by Gasteiger charge is -2.10. The van der Waals surface area contributed by atoms with E-state index in [1.165, 1.54) is 0 Å². The third-order valence-corrected chi connectivity index (χ3v) is 3.76. The van der Waals surface area contributed by atoms with Crippen LogP contribution in [0.4, 0.5) is 0 Å². The molecule has 0 aliphatic heterocycles. The number of benzene rings is 2. The maximum absolute atomic E-state index is 5.34. The van der Waals surface area contributed by atoms with Crippen LogP contribution < -0.4 is 10.6 Å². The van der Waals surface area contributed by atoms with Crippen molar-refractivity contribution in [1.29, 1.82) is 0 Å². The molecule has 2 aromatic rings. The molecule has 2 rings (SSSR count). The number of hydrogen-bond donors (Lipinski definition) is 2. The van der Waals surface area contributed by atoms with E-state index in [2.05, 4.69) is 10.6 Å². The Morgan fingerprint density at radius 1 is 0.667 bits per heavy atom. The summed E-state index contributed by atoms with van der Waals surface area (Å²) in [5.74, 6) is 0. The van der Waals surface area contributed by atoms with Gasteiger partial charge in [-0.15, -0.1) is 0 Å². The van der Waals surface area contributed by atoms with Gasteiger partial charge in [-0.2, -0.15) is 0 Å². The second-order valence-corrected chi connectivity index (χ2v) is 5.41. The number of hydrogen-bond acceptors (Lipinski definition) is 2. The summed E-state index contributed by atoms with van der Waals surface area (Å²) in [4.78, 5) is 1.59. The van der Waals surface area contributed by atoms with E-state index in [0.29, 0.717) is 0 Å². The molecule has 0 aliphatic carbocycles. The predicted octanol–water partition coefficient (Wildman–Crippen LogP) is 3.31. The first-order valence-electron chi connectivity index (χ1n) is 6.94. The number of thiocarbonyl (C=S) groups is 2. The van der Waals surface area contributed by atoms with Crippen molar-refractivity contribution in [3.8, 4) is 0 Å². The first kappa shape index (κ1) is 15.6. The van der Waals surface area contributed by atoms with Crippen molar-refractivity contribution in [3.63, 3.8) is 0 Å². The van der Waals surface area contributed by atoms with Crippen LogP contribution in [0.15, 0.2) is 60.7 Å². The minimum Gasteiger partial charge on any atom is -0.376 e. The van der Waals surface area contributed by atoms with Gasteiger partial charge in [0.05, 0.1) is 0 Å². The van der Waals surface area contributed by atoms with Crippen molar-refractivity contribution >= 4 is 34.4 Å². The number of nitrogens with one attached hydrogen (secondary N) is 2. The van der Waals surface area contributed by atoms with E-state index < -0.39 is 0 Å². The fourth-order valence-electron chi connectivity index (χ4n) is 1.88. The van der Waals surface area contributed by atoms with Crippen LogP contribution in [0.25, 0.3) is 0 Å². The summed E-state index contributed by atoms with van der Waals surface area (Å²) < 4.78 is 0. The van der Waals surface area contributed by atoms with Crippen LogP contribution in [-0.4, -0.2) is 23.1 Å². The van der Waals surface area contributed by atoms with E-state index in [-0.39, 0.29) is 0 Å². The van der Waals surface area contributed by atoms with Gasteiger partial charge < -0.3 is 10.6 Å². The van der Waals surface area contributed by atoms with Gasteiger partial charge in [-0.3, -0.25) is 0 Å². The molecule has 0 heterocycles. The summed E-state index contributed by atoms with van der Waals surface area (Å²) in [7, 11) is 0. The van der Waals surface area contributed by atoms with Gasteiger partial charge in [-0.05, 0) is 6.42 Å². The van der Waals surface area contributed by atoms with E-state index in [9.17, 15) is 0 Å². The van der Waals surface area contributed by atoms with Crippen molar-refractivity contribution in [2.45, 2.75) is 6.42 Å². The Labute approximate surface area is 136 Å². The molecule has 0 radical (unpaired) electrons. The van der Waals surface area contributed by atoms with Gasteiger partial charge >= 0.3 is 0 Å². The summed E-state index contributed by atoms with van der Waals surface area (Å²) in [6.45, 7) is 1.66. The molecule has 0 unspecified atom stereocenters. The molecule has 0 spiro atoms. The lowest BCUT2D eigenvalue weighted by Crippen LogP contribution is -2.29. The Bertz CT molecular complexity index is 529. The van der Waals surface area contributed by atoms with Gasteiger partial charge in [0.15, 0.2) is 0 Å². The Balaban J connectivity index is 1.64. The van der Waals surface area contributed by atoms with Gasteiger partial charge in [0, 0.05) is 24.2 Å². The minimum atomic E-state index is 0.793. The fourth-order valence-corrected chi connectivity index (χ4v) is 2.35. The maximum atomic E-state index is 5.34. The number of rotatable bonds is 6. The molecule has 0 saturated carbocycles. The Morgan fingerprint density at radius 3 is 1.43 bits per heavy atom. The first-order chi connectivity index (χ1) is 10.3. The van der Waals surface area contributed by atoms with Crippen LogP contribution in [0.2, 0.25) is 0 Å². The molecule has 2 aromatic carbocycles. The molecule has 21 heavy (non-hydrogen) atoms. The summed E-state index contributed by atoms with van der Waals surface area (Å²) in [6.07, 6.45) is 0.958. The van der Waals surface area contributed by atoms with Gasteiger partial charge in [0.1, 0.15) is 9.98 Å². The van der Waals surface area contributed by atoms with Crippen LogP contribution >= 0.6 is 24.4 Å². The summed E-state index contributed by atoms with van der Waals surface area (Å²) in [5, 5.41) is 6.52. The predicted molar refractivity (Wildman–Crippen MR) is 96.9 cm³/mol. The van der Waals surface area contributed by atoms with E-state index in [1.54, 1.807) is 0 Å². The molecule has 0 fully saturated rings. The van der Waals surface area contributed by atoms with Crippen molar-refractivity contribution in [1.82, 2.24) is 10.6 Å². The highest BCUT2D eigenvalue weighted by Gasteiger charge is 2.00. The molecule has 0 bridgehead atoms. The highest BCUT2D eigenvalue weighted by atomic mass is 32.1. The van der Waals surface area contributed by atoms with Crippen molar-refractivity contribution in [2.24, 2.45) is 0 Å². The molecule has 4 heteroatoms. The third-order valence-electron chi connectivity index (χ3n) is 3.00. The molecule has 2 N–H and O–H groups in total. The summed E-state index contributed by atoms with van der Waals surface area (Å²) in [5.41, 5.74) is 2.11. The zero-order chi connectivity index (χ0) is 14.9. The Morgan fingerprint density at radius 2 is 1.05 bits per heavy atom. The molecule has 0 amide bonds. The molecule has 108 valence electrons. The monoisotopic (exact) mass is 314 g/mol. The molecular formula is C17H18N2S2. The summed E-state index contributed by atoms with van der Waals surface area (Å²) in [6, 6.07) is 20.0. The molecule has 0 aliphatic rings. The second kappa shape index (κ2) is 8.49. The average molecular weight is 314 g/mol. The zero-order valence-corrected chi connectivity index (χ0v) is 13.3. The van der Waals surface area contributed by atoms with E-state index >= 15 is 0 Å². The van der Waals surface area contributed by atoms with Gasteiger partial charge in [0.25, 0.3) is 0 Å². The minimum absolute atomic E-state index is 0.793. The molecule has 0 saturated heterocycles. The highest BCUT2D eigenvalue weighted by Crippen LogP contribution is 2.00. The van der Waals surface area contributed by atoms with Crippen LogP contribution in [-0.2, 0) is 0 Å². The molecular weight excluding hydrogens is 296 g/mol. The van der Waals surface area contributed by atoms with E-state index in [0.717, 1.165) is 40.6 Å². The van der Waals surface area contributed by atoms with Crippen LogP contribution in [0, 0.1) is 0 Å². The standard InChI is InChI=1S/C17H18N2S2/c20-16(14-8-3-1-4-9-14)18-12-7-13-19-17(21)15-10-5-2-6-11-15/h1-6,8-11H,7,12-13H2,(H,18,20)(H,19,21). The Hall–Kier alpha value is -1.78. The average Bonchev–Trinajstić information content (AvgIpc) is 2.55. The first-order valence-corrected chi connectivity index (χ1v) is 7.75. The molecule has 2 nitrogen and oxygen atoms in total. The molecule has 0 aromatic heterocycles. The topological polar surface area (TPSA) is 24.1 Å². The van der Waals surface area contributed by atoms with Gasteiger partial charge in [-0.25, -0.2) is 0 Å². The maximum Gasteiger partial charge on any atom is 0.106 e. The molecule has 0 atom stereocenters. The van der Waals surface area contributed by atoms with Gasteiger partial charge in [-0.1, -0.05) is 85.1 Å². The Kier molecular flexibility index (Phi) is 6.31. The van der Waals surface area contributed by atoms with Crippen LogP contribution in [0.5, 0.6) is 0 Å². The third kappa shape index (κ3) is 5.25. The largest absolute Gasteiger partial charge is 0.376 e. The van der Waals surface area contributed by atoms with Crippen molar-refractivity contribution in [3.05, 3.63) is 71.8 Å². The SMILES string of the molecule is S=C(NCCCNC(=S)c1ccccc1)c1ccccc1. The lowest BCUT2D eigenvalue weighted by molar-refractivity contribution is 0.749. The van der Waals surface area contributed by atoms with Crippen LogP contribution in [0.3, 0.4) is 0 Å². The van der Waals surface area contributed by atoms with Crippen molar-refractivity contribution < 1.29 is 0 Å². The quantitative estimate of drug-likeness (QED) is 0.631. The normalized spacial score (nSPS) is 9.90. The fraction of sp³-hybridized carbons (Fsp3) is 0.176. The highest BCUT2D eigenvalue weighted by molar-refractivity contribution is 7.81. The lowest BCUT2D eigenvalue weighted by atomic mass is 10.2. The zero-order valence-electron chi connectivity index (χ0n) is 11.7. The van der Waals surface area contributed by atoms with E-state index in [1.807, 2.05) is 60.7 Å². The van der Waals surface area contributed by atoms with Crippen molar-refractivity contribution in [2.75, 3.05) is 13.1 Å². The second-order valence-electron chi connectivity index (χ2n) is 4.60. The van der Waals surface area contributed by atoms with Gasteiger partial charge in [0.2, 0.25) is 0 Å². The smallest absolute Gasteiger partial charge is 0.106 e.